The molecule has 0 spiro atoms. The predicted octanol–water partition coefficient (Wildman–Crippen LogP) is 6.69. The lowest BCUT2D eigenvalue weighted by Crippen LogP contribution is -2.38. The maximum Gasteiger partial charge on any atom is 0.322 e. The molecule has 1 atom stereocenters. The number of benzene rings is 3. The first-order chi connectivity index (χ1) is 20.0. The third-order valence-electron chi connectivity index (χ3n) is 7.69. The van der Waals surface area contributed by atoms with Crippen molar-refractivity contribution in [1.29, 1.82) is 0 Å². The maximum absolute atomic E-state index is 14.2. The monoisotopic (exact) mass is 547 g/mol. The van der Waals surface area contributed by atoms with E-state index in [0.717, 1.165) is 40.4 Å². The normalized spacial score (nSPS) is 14.1. The van der Waals surface area contributed by atoms with E-state index >= 15 is 0 Å². The highest BCUT2D eigenvalue weighted by molar-refractivity contribution is 5.90. The van der Waals surface area contributed by atoms with E-state index in [1.165, 1.54) is 5.56 Å². The Morgan fingerprint density at radius 1 is 0.951 bits per heavy atom. The van der Waals surface area contributed by atoms with Crippen LogP contribution in [0.25, 0.3) is 11.5 Å². The molecule has 2 amide bonds. The van der Waals surface area contributed by atoms with Crippen molar-refractivity contribution in [2.45, 2.75) is 32.9 Å². The molecule has 5 aromatic rings. The number of ether oxygens (including phenoxy) is 2. The van der Waals surface area contributed by atoms with Crippen molar-refractivity contribution in [2.24, 2.45) is 0 Å². The third kappa shape index (κ3) is 4.71. The van der Waals surface area contributed by atoms with E-state index in [4.69, 9.17) is 14.6 Å². The number of nitrogens with one attached hydrogen (secondary N) is 1. The van der Waals surface area contributed by atoms with Gasteiger partial charge in [-0.25, -0.2) is 9.48 Å². The quantitative estimate of drug-likeness (QED) is 0.257. The number of anilines is 1. The molecule has 0 bridgehead atoms. The van der Waals surface area contributed by atoms with Crippen molar-refractivity contribution >= 4 is 11.7 Å². The molecular weight excluding hydrogens is 514 g/mol. The molecule has 0 aliphatic carbocycles. The van der Waals surface area contributed by atoms with Gasteiger partial charge in [-0.2, -0.15) is 5.10 Å². The molecule has 41 heavy (non-hydrogen) atoms. The van der Waals surface area contributed by atoms with Crippen LogP contribution in [0.4, 0.5) is 10.5 Å². The van der Waals surface area contributed by atoms with Crippen LogP contribution in [0.15, 0.2) is 91.1 Å². The first kappa shape index (κ1) is 26.3. The first-order valence-corrected chi connectivity index (χ1v) is 13.7. The highest BCUT2D eigenvalue weighted by Gasteiger charge is 2.36. The summed E-state index contributed by atoms with van der Waals surface area (Å²) < 4.78 is 15.0. The second-order valence-electron chi connectivity index (χ2n) is 10.1. The third-order valence-corrected chi connectivity index (χ3v) is 7.69. The number of aryl methyl sites for hydroxylation is 2. The number of carbonyl (C=O) groups excluding carboxylic acids is 1. The molecule has 8 nitrogen and oxygen atoms in total. The molecule has 2 aromatic heterocycles. The van der Waals surface area contributed by atoms with Crippen LogP contribution in [0.5, 0.6) is 11.5 Å². The van der Waals surface area contributed by atoms with Crippen LogP contribution in [0.2, 0.25) is 0 Å². The highest BCUT2D eigenvalue weighted by Crippen LogP contribution is 2.39. The lowest BCUT2D eigenvalue weighted by atomic mass is 9.99. The van der Waals surface area contributed by atoms with Crippen molar-refractivity contribution in [3.05, 3.63) is 119 Å². The van der Waals surface area contributed by atoms with E-state index in [1.807, 2.05) is 59.0 Å². The van der Waals surface area contributed by atoms with Gasteiger partial charge in [0.05, 0.1) is 43.9 Å². The molecule has 0 saturated heterocycles. The molecule has 8 heteroatoms. The van der Waals surface area contributed by atoms with Gasteiger partial charge in [0.25, 0.3) is 0 Å². The number of methoxy groups -OCH3 is 2. The van der Waals surface area contributed by atoms with Crippen molar-refractivity contribution < 1.29 is 14.3 Å². The fourth-order valence-electron chi connectivity index (χ4n) is 5.54. The summed E-state index contributed by atoms with van der Waals surface area (Å²) >= 11 is 0. The zero-order valence-corrected chi connectivity index (χ0v) is 23.7. The van der Waals surface area contributed by atoms with Gasteiger partial charge in [0.15, 0.2) is 11.5 Å². The Bertz CT molecular complexity index is 1690. The molecule has 0 saturated carbocycles. The lowest BCUT2D eigenvalue weighted by molar-refractivity contribution is 0.194. The Hall–Kier alpha value is -4.98. The minimum Gasteiger partial charge on any atom is -0.493 e. The van der Waals surface area contributed by atoms with E-state index < -0.39 is 0 Å². The lowest BCUT2D eigenvalue weighted by Gasteiger charge is -2.31. The predicted molar refractivity (Wildman–Crippen MR) is 159 cm³/mol. The van der Waals surface area contributed by atoms with Gasteiger partial charge < -0.3 is 24.3 Å². The fourth-order valence-corrected chi connectivity index (χ4v) is 5.54. The summed E-state index contributed by atoms with van der Waals surface area (Å²) in [5.74, 6) is 2.08. The van der Waals surface area contributed by atoms with Crippen LogP contribution in [-0.4, -0.2) is 39.5 Å². The number of rotatable bonds is 6. The summed E-state index contributed by atoms with van der Waals surface area (Å²) in [6.45, 7) is 4.51. The van der Waals surface area contributed by atoms with Crippen molar-refractivity contribution in [3.8, 4) is 23.0 Å². The molecule has 0 radical (unpaired) electrons. The zero-order chi connectivity index (χ0) is 28.5. The summed E-state index contributed by atoms with van der Waals surface area (Å²) in [4.78, 5) is 16.1. The van der Waals surface area contributed by atoms with E-state index in [1.54, 1.807) is 26.4 Å². The molecule has 6 rings (SSSR count). The van der Waals surface area contributed by atoms with Crippen molar-refractivity contribution in [1.82, 2.24) is 19.2 Å². The van der Waals surface area contributed by atoms with Crippen LogP contribution in [-0.2, 0) is 13.0 Å². The van der Waals surface area contributed by atoms with Crippen LogP contribution in [0, 0.1) is 6.92 Å². The van der Waals surface area contributed by atoms with Crippen molar-refractivity contribution in [2.75, 3.05) is 19.5 Å². The second kappa shape index (κ2) is 10.9. The van der Waals surface area contributed by atoms with Crippen LogP contribution in [0.3, 0.4) is 0 Å². The standard InChI is InChI=1S/C33H33N5O3/c1-5-23-13-15-24(16-14-23)31-28-12-9-19-36(28)32-27(22(2)35-38(32)26-10-7-6-8-11-26)21-37(31)33(39)34-25-17-18-29(40-3)30(20-25)41-4/h6-20,31H,5,21H2,1-4H3,(H,34,39)/t31-/m0/s1. The average molecular weight is 548 g/mol. The number of aromatic nitrogens is 3. The Morgan fingerprint density at radius 3 is 2.41 bits per heavy atom. The van der Waals surface area contributed by atoms with E-state index in [9.17, 15) is 4.79 Å². The smallest absolute Gasteiger partial charge is 0.322 e. The Balaban J connectivity index is 1.49. The number of amides is 2. The van der Waals surface area contributed by atoms with E-state index in [2.05, 4.69) is 53.3 Å². The number of hydrogen-bond donors (Lipinski definition) is 1. The van der Waals surface area contributed by atoms with E-state index in [0.29, 0.717) is 23.7 Å². The van der Waals surface area contributed by atoms with Crippen LogP contribution < -0.4 is 14.8 Å². The molecule has 208 valence electrons. The Labute approximate surface area is 239 Å². The maximum atomic E-state index is 14.2. The molecule has 1 N–H and O–H groups in total. The SMILES string of the molecule is CCc1ccc([C@H]2c3cccn3-c3c(c(C)nn3-c3ccccc3)CN2C(=O)Nc2ccc(OC)c(OC)c2)cc1. The molecular formula is C33H33N5O3. The van der Waals surface area contributed by atoms with Gasteiger partial charge in [-0.1, -0.05) is 49.4 Å². The minimum atomic E-state index is -0.341. The van der Waals surface area contributed by atoms with Gasteiger partial charge in [0, 0.05) is 23.5 Å². The molecule has 3 heterocycles. The average Bonchev–Trinajstić information content (AvgIpc) is 3.57. The number of urea groups is 1. The number of carbonyl (C=O) groups is 1. The molecule has 1 aliphatic heterocycles. The van der Waals surface area contributed by atoms with Crippen LogP contribution >= 0.6 is 0 Å². The molecule has 0 unspecified atom stereocenters. The molecule has 1 aliphatic rings. The van der Waals surface area contributed by atoms with Gasteiger partial charge in [-0.3, -0.25) is 0 Å². The summed E-state index contributed by atoms with van der Waals surface area (Å²) in [7, 11) is 3.17. The molecule has 0 fully saturated rings. The second-order valence-corrected chi connectivity index (χ2v) is 10.1. The largest absolute Gasteiger partial charge is 0.493 e. The molecule has 3 aromatic carbocycles. The Kier molecular flexibility index (Phi) is 6.97. The van der Waals surface area contributed by atoms with Gasteiger partial charge in [-0.15, -0.1) is 0 Å². The highest BCUT2D eigenvalue weighted by atomic mass is 16.5. The minimum absolute atomic E-state index is 0.228. The summed E-state index contributed by atoms with van der Waals surface area (Å²) in [5.41, 5.74) is 6.70. The number of para-hydroxylation sites is 1. The number of nitrogens with zero attached hydrogens (tertiary/aromatic N) is 4. The summed E-state index contributed by atoms with van der Waals surface area (Å²) in [6, 6.07) is 27.6. The Morgan fingerprint density at radius 2 is 1.71 bits per heavy atom. The van der Waals surface area contributed by atoms with Crippen LogP contribution in [0.1, 0.15) is 41.0 Å². The van der Waals surface area contributed by atoms with E-state index in [-0.39, 0.29) is 12.1 Å². The summed E-state index contributed by atoms with van der Waals surface area (Å²) in [6.07, 6.45) is 3.00. The number of hydrogen-bond acceptors (Lipinski definition) is 4. The topological polar surface area (TPSA) is 73.6 Å². The van der Waals surface area contributed by atoms with Crippen molar-refractivity contribution in [3.63, 3.8) is 0 Å². The van der Waals surface area contributed by atoms with Gasteiger partial charge in [0.1, 0.15) is 5.82 Å². The summed E-state index contributed by atoms with van der Waals surface area (Å²) in [5, 5.41) is 8.04. The van der Waals surface area contributed by atoms with Gasteiger partial charge >= 0.3 is 6.03 Å². The fraction of sp³-hybridized carbons (Fsp3) is 0.212. The van der Waals surface area contributed by atoms with Gasteiger partial charge in [-0.05, 0) is 60.9 Å². The zero-order valence-electron chi connectivity index (χ0n) is 23.7. The number of fused-ring (bicyclic) bond motifs is 3. The first-order valence-electron chi connectivity index (χ1n) is 13.7. The van der Waals surface area contributed by atoms with Gasteiger partial charge in [0.2, 0.25) is 0 Å².